The quantitative estimate of drug-likeness (QED) is 0.917. The molecule has 134 valence electrons. The molecule has 7 nitrogen and oxygen atoms in total. The summed E-state index contributed by atoms with van der Waals surface area (Å²) in [5, 5.41) is 7.02. The number of nitrogens with one attached hydrogen (secondary N) is 1. The zero-order valence-corrected chi connectivity index (χ0v) is 14.3. The van der Waals surface area contributed by atoms with Gasteiger partial charge in [0.1, 0.15) is 0 Å². The summed E-state index contributed by atoms with van der Waals surface area (Å²) in [4.78, 5) is 19.4. The third-order valence-corrected chi connectivity index (χ3v) is 4.29. The molecule has 0 fully saturated rings. The third-order valence-electron chi connectivity index (χ3n) is 4.29. The van der Waals surface area contributed by atoms with Gasteiger partial charge in [-0.25, -0.2) is 4.79 Å². The molecule has 2 aliphatic rings. The Morgan fingerprint density at radius 2 is 2.00 bits per heavy atom. The minimum atomic E-state index is -0.184. The molecule has 2 aromatic carbocycles. The lowest BCUT2D eigenvalue weighted by Crippen LogP contribution is -2.37. The van der Waals surface area contributed by atoms with E-state index in [0.717, 1.165) is 22.7 Å². The number of hydrogen-bond acceptors (Lipinski definition) is 5. The molecule has 1 atom stereocenters. The zero-order chi connectivity index (χ0) is 17.9. The molecule has 0 saturated carbocycles. The number of para-hydroxylation sites is 1. The Kier molecular flexibility index (Phi) is 4.35. The van der Waals surface area contributed by atoms with Gasteiger partial charge in [-0.15, -0.1) is 0 Å². The molecule has 0 saturated heterocycles. The van der Waals surface area contributed by atoms with Crippen LogP contribution in [0.5, 0.6) is 11.5 Å². The topological polar surface area (TPSA) is 72.4 Å². The first-order valence-corrected chi connectivity index (χ1v) is 8.39. The van der Waals surface area contributed by atoms with Gasteiger partial charge in [-0.2, -0.15) is 0 Å². The van der Waals surface area contributed by atoms with Gasteiger partial charge in [0, 0.05) is 24.7 Å². The fourth-order valence-electron chi connectivity index (χ4n) is 2.90. The number of amides is 2. The summed E-state index contributed by atoms with van der Waals surface area (Å²) in [5.74, 6) is 1.45. The van der Waals surface area contributed by atoms with Gasteiger partial charge in [-0.3, -0.25) is 0 Å². The molecule has 26 heavy (non-hydrogen) atoms. The fourth-order valence-corrected chi connectivity index (χ4v) is 2.90. The number of carbonyl (C=O) groups is 1. The monoisotopic (exact) mass is 353 g/mol. The summed E-state index contributed by atoms with van der Waals surface area (Å²) in [6, 6.07) is 14.9. The number of ether oxygens (including phenoxy) is 2. The molecule has 2 amide bonds. The minimum Gasteiger partial charge on any atom is -0.454 e. The molecule has 7 heteroatoms. The summed E-state index contributed by atoms with van der Waals surface area (Å²) in [5.41, 5.74) is 2.53. The van der Waals surface area contributed by atoms with E-state index in [1.807, 2.05) is 48.5 Å². The number of urea groups is 1. The maximum Gasteiger partial charge on any atom is 0.321 e. The average Bonchev–Trinajstić information content (AvgIpc) is 3.31. The van der Waals surface area contributed by atoms with Crippen LogP contribution in [0.1, 0.15) is 12.0 Å². The van der Waals surface area contributed by atoms with Crippen LogP contribution in [0, 0.1) is 0 Å². The molecule has 1 N–H and O–H groups in total. The number of nitrogens with zero attached hydrogens (tertiary/aromatic N) is 2. The molecule has 2 heterocycles. The van der Waals surface area contributed by atoms with Gasteiger partial charge in [0.05, 0.1) is 12.3 Å². The van der Waals surface area contributed by atoms with E-state index < -0.39 is 0 Å². The van der Waals surface area contributed by atoms with E-state index in [1.54, 1.807) is 11.9 Å². The minimum absolute atomic E-state index is 0.179. The van der Waals surface area contributed by atoms with Crippen LogP contribution < -0.4 is 14.8 Å². The van der Waals surface area contributed by atoms with Gasteiger partial charge in [0.25, 0.3) is 0 Å². The van der Waals surface area contributed by atoms with Gasteiger partial charge >= 0.3 is 6.03 Å². The first-order valence-electron chi connectivity index (χ1n) is 8.39. The standard InChI is InChI=1S/C19H19N3O4/c1-22(19(23)20-14-5-3-2-4-6-14)11-15-10-16(21-26-15)13-7-8-17-18(9-13)25-12-24-17/h2-9,15H,10-12H2,1H3,(H,20,23). The van der Waals surface area contributed by atoms with E-state index in [9.17, 15) is 4.79 Å². The van der Waals surface area contributed by atoms with E-state index in [-0.39, 0.29) is 18.9 Å². The van der Waals surface area contributed by atoms with Crippen molar-refractivity contribution in [1.82, 2.24) is 4.90 Å². The van der Waals surface area contributed by atoms with Crippen molar-refractivity contribution in [3.63, 3.8) is 0 Å². The summed E-state index contributed by atoms with van der Waals surface area (Å²) in [7, 11) is 1.74. The number of likely N-dealkylation sites (N-methyl/N-ethyl adjacent to an activating group) is 1. The Labute approximate surface area is 151 Å². The summed E-state index contributed by atoms with van der Waals surface area (Å²) in [6.07, 6.45) is 0.449. The zero-order valence-electron chi connectivity index (χ0n) is 14.3. The van der Waals surface area contributed by atoms with Gasteiger partial charge in [-0.05, 0) is 30.3 Å². The van der Waals surface area contributed by atoms with Gasteiger partial charge in [-0.1, -0.05) is 23.4 Å². The normalized spacial score (nSPS) is 17.4. The number of benzene rings is 2. The molecular weight excluding hydrogens is 334 g/mol. The second kappa shape index (κ2) is 6.95. The van der Waals surface area contributed by atoms with Crippen molar-refractivity contribution in [2.45, 2.75) is 12.5 Å². The van der Waals surface area contributed by atoms with Crippen LogP contribution in [0.3, 0.4) is 0 Å². The molecule has 0 aliphatic carbocycles. The smallest absolute Gasteiger partial charge is 0.321 e. The van der Waals surface area contributed by atoms with E-state index in [4.69, 9.17) is 14.3 Å². The number of rotatable bonds is 4. The van der Waals surface area contributed by atoms with Gasteiger partial charge in [0.15, 0.2) is 17.6 Å². The van der Waals surface area contributed by atoms with E-state index in [1.165, 1.54) is 0 Å². The lowest BCUT2D eigenvalue weighted by molar-refractivity contribution is 0.0672. The Morgan fingerprint density at radius 1 is 1.19 bits per heavy atom. The van der Waals surface area contributed by atoms with E-state index in [0.29, 0.717) is 18.7 Å². The molecule has 2 aliphatic heterocycles. The van der Waals surface area contributed by atoms with E-state index in [2.05, 4.69) is 10.5 Å². The van der Waals surface area contributed by atoms with Crippen molar-refractivity contribution in [3.8, 4) is 11.5 Å². The maximum atomic E-state index is 12.3. The number of oxime groups is 1. The predicted molar refractivity (Wildman–Crippen MR) is 96.7 cm³/mol. The molecule has 0 radical (unpaired) electrons. The second-order valence-electron chi connectivity index (χ2n) is 6.21. The van der Waals surface area contributed by atoms with Crippen LogP contribution in [-0.2, 0) is 4.84 Å². The second-order valence-corrected chi connectivity index (χ2v) is 6.21. The van der Waals surface area contributed by atoms with Gasteiger partial charge < -0.3 is 24.5 Å². The Balaban J connectivity index is 1.32. The van der Waals surface area contributed by atoms with Crippen LogP contribution in [0.2, 0.25) is 0 Å². The number of hydrogen-bond donors (Lipinski definition) is 1. The molecule has 4 rings (SSSR count). The highest BCUT2D eigenvalue weighted by molar-refractivity contribution is 6.01. The first-order chi connectivity index (χ1) is 12.7. The number of anilines is 1. The van der Waals surface area contributed by atoms with E-state index >= 15 is 0 Å². The summed E-state index contributed by atoms with van der Waals surface area (Å²) >= 11 is 0. The number of carbonyl (C=O) groups excluding carboxylic acids is 1. The van der Waals surface area contributed by atoms with Crippen molar-refractivity contribution in [2.24, 2.45) is 5.16 Å². The van der Waals surface area contributed by atoms with Crippen LogP contribution in [-0.4, -0.2) is 43.1 Å². The average molecular weight is 353 g/mol. The molecule has 1 unspecified atom stereocenters. The van der Waals surface area contributed by atoms with Crippen LogP contribution in [0.4, 0.5) is 10.5 Å². The third kappa shape index (κ3) is 3.42. The largest absolute Gasteiger partial charge is 0.454 e. The highest BCUT2D eigenvalue weighted by Gasteiger charge is 2.26. The predicted octanol–water partition coefficient (Wildman–Crippen LogP) is 3.07. The van der Waals surface area contributed by atoms with Crippen molar-refractivity contribution in [2.75, 3.05) is 25.7 Å². The van der Waals surface area contributed by atoms with Gasteiger partial charge in [0.2, 0.25) is 6.79 Å². The fraction of sp³-hybridized carbons (Fsp3) is 0.263. The molecule has 0 bridgehead atoms. The molecule has 2 aromatic rings. The van der Waals surface area contributed by atoms with Crippen LogP contribution >= 0.6 is 0 Å². The first kappa shape index (κ1) is 16.3. The highest BCUT2D eigenvalue weighted by atomic mass is 16.7. The maximum absolute atomic E-state index is 12.3. The van der Waals surface area contributed by atoms with Crippen molar-refractivity contribution in [1.29, 1.82) is 0 Å². The van der Waals surface area contributed by atoms with Crippen molar-refractivity contribution < 1.29 is 19.1 Å². The molecule has 0 aromatic heterocycles. The lowest BCUT2D eigenvalue weighted by atomic mass is 10.0. The highest BCUT2D eigenvalue weighted by Crippen LogP contribution is 2.33. The number of fused-ring (bicyclic) bond motifs is 1. The van der Waals surface area contributed by atoms with Crippen LogP contribution in [0.25, 0.3) is 0 Å². The SMILES string of the molecule is CN(CC1CC(c2ccc3c(c2)OCO3)=NO1)C(=O)Nc1ccccc1. The summed E-state index contributed by atoms with van der Waals surface area (Å²) < 4.78 is 10.7. The molecular formula is C19H19N3O4. The Hall–Kier alpha value is -3.22. The molecule has 0 spiro atoms. The van der Waals surface area contributed by atoms with Crippen LogP contribution in [0.15, 0.2) is 53.7 Å². The van der Waals surface area contributed by atoms with Crippen molar-refractivity contribution in [3.05, 3.63) is 54.1 Å². The van der Waals surface area contributed by atoms with Crippen molar-refractivity contribution >= 4 is 17.4 Å². The Morgan fingerprint density at radius 3 is 2.85 bits per heavy atom. The Bertz CT molecular complexity index is 838. The summed E-state index contributed by atoms with van der Waals surface area (Å²) in [6.45, 7) is 0.682. The lowest BCUT2D eigenvalue weighted by Gasteiger charge is -2.20.